The Kier molecular flexibility index (Phi) is 5.12. The Bertz CT molecular complexity index is 921. The van der Waals surface area contributed by atoms with Crippen LogP contribution in [0.25, 0.3) is 5.69 Å². The molecule has 1 unspecified atom stereocenters. The molecule has 0 aliphatic heterocycles. The maximum Gasteiger partial charge on any atom is 0.271 e. The fourth-order valence-corrected chi connectivity index (χ4v) is 2.55. The van der Waals surface area contributed by atoms with E-state index in [1.807, 2.05) is 22.9 Å². The lowest BCUT2D eigenvalue weighted by molar-refractivity contribution is 0.0955. The van der Waals surface area contributed by atoms with Crippen LogP contribution in [0, 0.1) is 0 Å². The number of amides is 1. The number of nitrogens with one attached hydrogen (secondary N) is 1. The third kappa shape index (κ3) is 4.06. The number of benzene rings is 1. The molecule has 2 heterocycles. The fraction of sp³-hybridized carbons (Fsp3) is 0. The standard InChI is InChI=1S/C17H14N4O3S/c22-17(13-7-9-18-10-8-13)20-19-12-15-2-1-11-21(15)14-3-5-16(6-4-14)25(23)24/h1-12H,(H,20,22)(H,23,24)/b19-12+. The molecule has 0 radical (unpaired) electrons. The molecule has 0 spiro atoms. The lowest BCUT2D eigenvalue weighted by Crippen LogP contribution is -2.17. The number of carbonyl (C=O) groups is 1. The number of pyridine rings is 1. The van der Waals surface area contributed by atoms with Gasteiger partial charge in [-0.15, -0.1) is 0 Å². The molecule has 1 atom stereocenters. The number of hydrogen-bond donors (Lipinski definition) is 2. The second-order valence-electron chi connectivity index (χ2n) is 4.98. The molecule has 8 heteroatoms. The highest BCUT2D eigenvalue weighted by molar-refractivity contribution is 7.79. The molecular formula is C17H14N4O3S. The quantitative estimate of drug-likeness (QED) is 0.417. The van der Waals surface area contributed by atoms with E-state index in [4.69, 9.17) is 4.55 Å². The number of nitrogens with zero attached hydrogens (tertiary/aromatic N) is 3. The second kappa shape index (κ2) is 7.65. The normalized spacial score (nSPS) is 12.2. The summed E-state index contributed by atoms with van der Waals surface area (Å²) in [6.45, 7) is 0. The predicted octanol–water partition coefficient (Wildman–Crippen LogP) is 2.22. The number of carbonyl (C=O) groups excluding carboxylic acids is 1. The highest BCUT2D eigenvalue weighted by Gasteiger charge is 2.05. The Morgan fingerprint density at radius 1 is 1.16 bits per heavy atom. The zero-order valence-corrected chi connectivity index (χ0v) is 13.8. The van der Waals surface area contributed by atoms with Crippen molar-refractivity contribution >= 4 is 23.2 Å². The largest absolute Gasteiger partial charge is 0.316 e. The highest BCUT2D eigenvalue weighted by Crippen LogP contribution is 2.14. The van der Waals surface area contributed by atoms with Crippen LogP contribution in [-0.4, -0.2) is 30.4 Å². The van der Waals surface area contributed by atoms with Gasteiger partial charge in [0.25, 0.3) is 5.91 Å². The Hall–Kier alpha value is -3.10. The van der Waals surface area contributed by atoms with E-state index in [1.54, 1.807) is 36.4 Å². The van der Waals surface area contributed by atoms with E-state index in [-0.39, 0.29) is 5.91 Å². The first kappa shape index (κ1) is 16.7. The van der Waals surface area contributed by atoms with E-state index in [2.05, 4.69) is 15.5 Å². The van der Waals surface area contributed by atoms with E-state index in [0.29, 0.717) is 10.5 Å². The second-order valence-corrected chi connectivity index (χ2v) is 5.95. The Morgan fingerprint density at radius 2 is 1.88 bits per heavy atom. The third-order valence-electron chi connectivity index (χ3n) is 3.40. The van der Waals surface area contributed by atoms with Gasteiger partial charge >= 0.3 is 0 Å². The Morgan fingerprint density at radius 3 is 2.56 bits per heavy atom. The lowest BCUT2D eigenvalue weighted by atomic mass is 10.3. The number of aromatic nitrogens is 2. The van der Waals surface area contributed by atoms with Crippen LogP contribution in [0.2, 0.25) is 0 Å². The van der Waals surface area contributed by atoms with Crippen LogP contribution in [0.4, 0.5) is 0 Å². The van der Waals surface area contributed by atoms with Crippen molar-refractivity contribution in [1.82, 2.24) is 15.0 Å². The predicted molar refractivity (Wildman–Crippen MR) is 94.1 cm³/mol. The molecule has 2 aromatic heterocycles. The van der Waals surface area contributed by atoms with Crippen molar-refractivity contribution in [3.63, 3.8) is 0 Å². The van der Waals surface area contributed by atoms with E-state index in [0.717, 1.165) is 11.4 Å². The minimum absolute atomic E-state index is 0.327. The van der Waals surface area contributed by atoms with Gasteiger partial charge in [-0.2, -0.15) is 5.10 Å². The van der Waals surface area contributed by atoms with E-state index in [1.165, 1.54) is 18.6 Å². The van der Waals surface area contributed by atoms with Gasteiger partial charge in [-0.1, -0.05) is 0 Å². The summed E-state index contributed by atoms with van der Waals surface area (Å²) in [6.07, 6.45) is 6.42. The number of rotatable bonds is 5. The maximum absolute atomic E-state index is 11.9. The lowest BCUT2D eigenvalue weighted by Gasteiger charge is -2.06. The molecule has 0 saturated carbocycles. The van der Waals surface area contributed by atoms with Crippen LogP contribution in [0.15, 0.2) is 77.1 Å². The van der Waals surface area contributed by atoms with Gasteiger partial charge in [0.2, 0.25) is 0 Å². The molecule has 25 heavy (non-hydrogen) atoms. The van der Waals surface area contributed by atoms with E-state index < -0.39 is 11.1 Å². The summed E-state index contributed by atoms with van der Waals surface area (Å²) >= 11 is -2.01. The molecule has 7 nitrogen and oxygen atoms in total. The molecule has 3 aromatic rings. The number of hydrogen-bond acceptors (Lipinski definition) is 4. The van der Waals surface area contributed by atoms with E-state index >= 15 is 0 Å². The molecule has 1 amide bonds. The minimum Gasteiger partial charge on any atom is -0.316 e. The van der Waals surface area contributed by atoms with Gasteiger partial charge in [0.15, 0.2) is 11.1 Å². The first-order valence-electron chi connectivity index (χ1n) is 7.27. The summed E-state index contributed by atoms with van der Waals surface area (Å²) in [7, 11) is 0. The topological polar surface area (TPSA) is 96.6 Å². The summed E-state index contributed by atoms with van der Waals surface area (Å²) in [5, 5.41) is 3.97. The minimum atomic E-state index is -2.01. The zero-order chi connectivity index (χ0) is 17.6. The van der Waals surface area contributed by atoms with Crippen LogP contribution in [-0.2, 0) is 11.1 Å². The summed E-state index contributed by atoms with van der Waals surface area (Å²) in [5.74, 6) is -0.327. The zero-order valence-electron chi connectivity index (χ0n) is 12.9. The molecule has 2 N–H and O–H groups in total. The average molecular weight is 354 g/mol. The molecule has 0 aliphatic rings. The maximum atomic E-state index is 11.9. The molecule has 0 aliphatic carbocycles. The van der Waals surface area contributed by atoms with Crippen LogP contribution < -0.4 is 5.43 Å². The summed E-state index contributed by atoms with van der Waals surface area (Å²) in [4.78, 5) is 16.1. The van der Waals surface area contributed by atoms with Gasteiger partial charge < -0.3 is 9.12 Å². The van der Waals surface area contributed by atoms with Crippen molar-refractivity contribution in [2.75, 3.05) is 0 Å². The van der Waals surface area contributed by atoms with Crippen molar-refractivity contribution in [3.8, 4) is 5.69 Å². The van der Waals surface area contributed by atoms with Gasteiger partial charge in [-0.3, -0.25) is 9.78 Å². The molecule has 3 rings (SSSR count). The van der Waals surface area contributed by atoms with E-state index in [9.17, 15) is 9.00 Å². The molecule has 0 fully saturated rings. The van der Waals surface area contributed by atoms with Crippen molar-refractivity contribution in [2.45, 2.75) is 4.90 Å². The highest BCUT2D eigenvalue weighted by atomic mass is 32.2. The smallest absolute Gasteiger partial charge is 0.271 e. The van der Waals surface area contributed by atoms with Gasteiger partial charge in [-0.25, -0.2) is 9.63 Å². The summed E-state index contributed by atoms with van der Waals surface area (Å²) < 4.78 is 21.9. The summed E-state index contributed by atoms with van der Waals surface area (Å²) in [6, 6.07) is 13.5. The SMILES string of the molecule is O=C(N/N=C/c1cccn1-c1ccc(S(=O)O)cc1)c1ccncc1. The van der Waals surface area contributed by atoms with Crippen LogP contribution in [0.1, 0.15) is 16.1 Å². The number of hydrazone groups is 1. The molecule has 0 bridgehead atoms. The van der Waals surface area contributed by atoms with Crippen molar-refractivity contribution in [2.24, 2.45) is 5.10 Å². The van der Waals surface area contributed by atoms with Crippen molar-refractivity contribution in [1.29, 1.82) is 0 Å². The average Bonchev–Trinajstić information content (AvgIpc) is 3.11. The molecule has 126 valence electrons. The van der Waals surface area contributed by atoms with Crippen LogP contribution in [0.3, 0.4) is 0 Å². The van der Waals surface area contributed by atoms with Gasteiger partial charge in [0.1, 0.15) is 0 Å². The van der Waals surface area contributed by atoms with Crippen LogP contribution >= 0.6 is 0 Å². The summed E-state index contributed by atoms with van der Waals surface area (Å²) in [5.41, 5.74) is 4.47. The van der Waals surface area contributed by atoms with Gasteiger partial charge in [0, 0.05) is 29.8 Å². The Balaban J connectivity index is 1.73. The first-order valence-corrected chi connectivity index (χ1v) is 8.38. The van der Waals surface area contributed by atoms with Gasteiger partial charge in [-0.05, 0) is 48.5 Å². The van der Waals surface area contributed by atoms with Crippen molar-refractivity contribution in [3.05, 3.63) is 78.4 Å². The van der Waals surface area contributed by atoms with Crippen molar-refractivity contribution < 1.29 is 13.6 Å². The monoisotopic (exact) mass is 354 g/mol. The van der Waals surface area contributed by atoms with Gasteiger partial charge in [0.05, 0.1) is 16.8 Å². The van der Waals surface area contributed by atoms with Crippen LogP contribution in [0.5, 0.6) is 0 Å². The molecule has 0 saturated heterocycles. The molecular weight excluding hydrogens is 340 g/mol. The molecule has 1 aromatic carbocycles. The first-order chi connectivity index (χ1) is 12.1. The third-order valence-corrected chi connectivity index (χ3v) is 4.08. The fourth-order valence-electron chi connectivity index (χ4n) is 2.18. The Labute approximate surface area is 146 Å².